The highest BCUT2D eigenvalue weighted by atomic mass is 32.1. The third-order valence-corrected chi connectivity index (χ3v) is 6.25. The van der Waals surface area contributed by atoms with Crippen LogP contribution in [0.2, 0.25) is 0 Å². The minimum atomic E-state index is -0.568. The summed E-state index contributed by atoms with van der Waals surface area (Å²) in [6.45, 7) is 0. The number of aliphatic hydroxyl groups excluding tert-OH is 1. The molecule has 1 aliphatic heterocycles. The number of benzene rings is 1. The Bertz CT molecular complexity index is 879. The topological polar surface area (TPSA) is 66.8 Å². The van der Waals surface area contributed by atoms with Gasteiger partial charge in [-0.3, -0.25) is 9.59 Å². The number of ketones is 1. The number of rotatable bonds is 5. The standard InChI is InChI=1S/C21H21NO4S/c1-26-15-10-8-13(9-11-15)18-17(19(23)16-7-4-12-27-16)20(24)21(25)22(18)14-5-2-3-6-14/h4,7-12,14,18,24H,2-3,5-6H2,1H3. The molecule has 2 heterocycles. The highest BCUT2D eigenvalue weighted by Crippen LogP contribution is 2.43. The number of carbonyl (C=O) groups is 2. The van der Waals surface area contributed by atoms with Crippen LogP contribution in [0.1, 0.15) is 47.0 Å². The van der Waals surface area contributed by atoms with Gasteiger partial charge in [-0.2, -0.15) is 0 Å². The van der Waals surface area contributed by atoms with E-state index < -0.39 is 17.7 Å². The molecule has 2 aromatic rings. The molecular formula is C21H21NO4S. The Morgan fingerprint density at radius 2 is 1.89 bits per heavy atom. The summed E-state index contributed by atoms with van der Waals surface area (Å²) in [4.78, 5) is 28.3. The number of Topliss-reactive ketones (excluding diaryl/α,β-unsaturated/α-hetero) is 1. The molecule has 1 aromatic carbocycles. The fourth-order valence-electron chi connectivity index (χ4n) is 4.07. The molecule has 0 spiro atoms. The lowest BCUT2D eigenvalue weighted by atomic mass is 9.94. The maximum absolute atomic E-state index is 13.1. The molecule has 1 atom stereocenters. The van der Waals surface area contributed by atoms with Gasteiger partial charge in [-0.05, 0) is 42.0 Å². The second-order valence-corrected chi connectivity index (χ2v) is 7.84. The van der Waals surface area contributed by atoms with Crippen LogP contribution < -0.4 is 4.74 Å². The first kappa shape index (κ1) is 17.8. The molecule has 27 heavy (non-hydrogen) atoms. The van der Waals surface area contributed by atoms with Crippen molar-refractivity contribution in [2.75, 3.05) is 7.11 Å². The number of nitrogens with zero attached hydrogens (tertiary/aromatic N) is 1. The van der Waals surface area contributed by atoms with Gasteiger partial charge >= 0.3 is 0 Å². The van der Waals surface area contributed by atoms with E-state index in [4.69, 9.17) is 4.74 Å². The second-order valence-electron chi connectivity index (χ2n) is 6.90. The van der Waals surface area contributed by atoms with Gasteiger partial charge in [0.1, 0.15) is 5.75 Å². The lowest BCUT2D eigenvalue weighted by molar-refractivity contribution is -0.131. The first-order chi connectivity index (χ1) is 13.1. The largest absolute Gasteiger partial charge is 0.503 e. The lowest BCUT2D eigenvalue weighted by Crippen LogP contribution is -2.38. The van der Waals surface area contributed by atoms with Crippen LogP contribution in [0, 0.1) is 0 Å². The summed E-state index contributed by atoms with van der Waals surface area (Å²) in [5, 5.41) is 12.5. The molecular weight excluding hydrogens is 362 g/mol. The number of amides is 1. The highest BCUT2D eigenvalue weighted by molar-refractivity contribution is 7.12. The molecule has 2 aliphatic rings. The highest BCUT2D eigenvalue weighted by Gasteiger charge is 2.47. The molecule has 1 saturated carbocycles. The van der Waals surface area contributed by atoms with E-state index >= 15 is 0 Å². The number of methoxy groups -OCH3 is 1. The molecule has 140 valence electrons. The Morgan fingerprint density at radius 3 is 2.48 bits per heavy atom. The average Bonchev–Trinajstić information content (AvgIpc) is 3.44. The zero-order chi connectivity index (χ0) is 19.0. The van der Waals surface area contributed by atoms with Crippen LogP contribution in [0.4, 0.5) is 0 Å². The van der Waals surface area contributed by atoms with Crippen LogP contribution in [0.25, 0.3) is 0 Å². The van der Waals surface area contributed by atoms with Crippen molar-refractivity contribution in [1.82, 2.24) is 4.90 Å². The molecule has 4 rings (SSSR count). The molecule has 5 nitrogen and oxygen atoms in total. The molecule has 1 aromatic heterocycles. The van der Waals surface area contributed by atoms with Crippen LogP contribution in [0.3, 0.4) is 0 Å². The SMILES string of the molecule is COc1ccc(C2C(C(=O)c3cccs3)=C(O)C(=O)N2C2CCCC2)cc1. The molecule has 0 radical (unpaired) electrons. The summed E-state index contributed by atoms with van der Waals surface area (Å²) in [5.74, 6) is -0.435. The molecule has 1 aliphatic carbocycles. The minimum absolute atomic E-state index is 0.0420. The van der Waals surface area contributed by atoms with Crippen LogP contribution >= 0.6 is 11.3 Å². The Morgan fingerprint density at radius 1 is 1.19 bits per heavy atom. The number of aliphatic hydroxyl groups is 1. The molecule has 1 N–H and O–H groups in total. The van der Waals surface area contributed by atoms with E-state index in [1.54, 1.807) is 24.1 Å². The summed E-state index contributed by atoms with van der Waals surface area (Å²) < 4.78 is 5.23. The van der Waals surface area contributed by atoms with Crippen molar-refractivity contribution in [3.05, 3.63) is 63.6 Å². The normalized spacial score (nSPS) is 20.6. The summed E-state index contributed by atoms with van der Waals surface area (Å²) in [5.41, 5.74) is 0.986. The Hall–Kier alpha value is -2.60. The van der Waals surface area contributed by atoms with Gasteiger partial charge in [0.2, 0.25) is 5.78 Å². The van der Waals surface area contributed by atoms with Crippen LogP contribution in [-0.4, -0.2) is 34.8 Å². The van der Waals surface area contributed by atoms with E-state index in [1.165, 1.54) is 11.3 Å². The van der Waals surface area contributed by atoms with Gasteiger partial charge in [0.15, 0.2) is 5.76 Å². The summed E-state index contributed by atoms with van der Waals surface area (Å²) in [6.07, 6.45) is 3.90. The van der Waals surface area contributed by atoms with Crippen LogP contribution in [0.15, 0.2) is 53.1 Å². The zero-order valence-corrected chi connectivity index (χ0v) is 15.9. The van der Waals surface area contributed by atoms with Gasteiger partial charge in [0.25, 0.3) is 5.91 Å². The first-order valence-corrected chi connectivity index (χ1v) is 9.97. The average molecular weight is 383 g/mol. The van der Waals surface area contributed by atoms with Crippen LogP contribution in [-0.2, 0) is 4.79 Å². The number of carbonyl (C=O) groups excluding carboxylic acids is 2. The van der Waals surface area contributed by atoms with E-state index in [0.717, 1.165) is 31.2 Å². The smallest absolute Gasteiger partial charge is 0.290 e. The fraction of sp³-hybridized carbons (Fsp3) is 0.333. The monoisotopic (exact) mass is 383 g/mol. The summed E-state index contributed by atoms with van der Waals surface area (Å²) in [6, 6.07) is 10.3. The predicted octanol–water partition coefficient (Wildman–Crippen LogP) is 4.28. The quantitative estimate of drug-likeness (QED) is 0.783. The van der Waals surface area contributed by atoms with Gasteiger partial charge in [0.05, 0.1) is 23.6 Å². The third-order valence-electron chi connectivity index (χ3n) is 5.38. The van der Waals surface area contributed by atoms with E-state index in [0.29, 0.717) is 10.6 Å². The van der Waals surface area contributed by atoms with Gasteiger partial charge < -0.3 is 14.7 Å². The lowest BCUT2D eigenvalue weighted by Gasteiger charge is -2.32. The van der Waals surface area contributed by atoms with E-state index in [9.17, 15) is 14.7 Å². The van der Waals surface area contributed by atoms with Gasteiger partial charge in [-0.25, -0.2) is 0 Å². The first-order valence-electron chi connectivity index (χ1n) is 9.09. The predicted molar refractivity (Wildman–Crippen MR) is 103 cm³/mol. The Labute approximate surface area is 161 Å². The number of hydrogen-bond donors (Lipinski definition) is 1. The van der Waals surface area contributed by atoms with Crippen molar-refractivity contribution in [3.8, 4) is 5.75 Å². The van der Waals surface area contributed by atoms with Crippen molar-refractivity contribution in [1.29, 1.82) is 0 Å². The Kier molecular flexibility index (Phi) is 4.74. The molecule has 0 saturated heterocycles. The number of ether oxygens (including phenoxy) is 1. The van der Waals surface area contributed by atoms with Crippen LogP contribution in [0.5, 0.6) is 5.75 Å². The summed E-state index contributed by atoms with van der Waals surface area (Å²) in [7, 11) is 1.59. The number of hydrogen-bond acceptors (Lipinski definition) is 5. The maximum atomic E-state index is 13.1. The molecule has 1 amide bonds. The zero-order valence-electron chi connectivity index (χ0n) is 15.1. The van der Waals surface area contributed by atoms with E-state index in [1.807, 2.05) is 29.6 Å². The van der Waals surface area contributed by atoms with Crippen molar-refractivity contribution in [2.24, 2.45) is 0 Å². The molecule has 1 fully saturated rings. The molecule has 1 unspecified atom stereocenters. The van der Waals surface area contributed by atoms with Gasteiger partial charge in [-0.15, -0.1) is 11.3 Å². The maximum Gasteiger partial charge on any atom is 0.290 e. The van der Waals surface area contributed by atoms with Crippen molar-refractivity contribution >= 4 is 23.0 Å². The van der Waals surface area contributed by atoms with Gasteiger partial charge in [-0.1, -0.05) is 31.0 Å². The van der Waals surface area contributed by atoms with Crippen molar-refractivity contribution in [3.63, 3.8) is 0 Å². The molecule has 6 heteroatoms. The summed E-state index contributed by atoms with van der Waals surface area (Å²) >= 11 is 1.31. The second kappa shape index (κ2) is 7.19. The number of thiophene rings is 1. The Balaban J connectivity index is 1.80. The molecule has 0 bridgehead atoms. The van der Waals surface area contributed by atoms with E-state index in [-0.39, 0.29) is 17.4 Å². The third kappa shape index (κ3) is 3.04. The van der Waals surface area contributed by atoms with Gasteiger partial charge in [0, 0.05) is 6.04 Å². The van der Waals surface area contributed by atoms with Crippen molar-refractivity contribution in [2.45, 2.75) is 37.8 Å². The fourth-order valence-corrected chi connectivity index (χ4v) is 4.75. The van der Waals surface area contributed by atoms with Crippen molar-refractivity contribution < 1.29 is 19.4 Å². The minimum Gasteiger partial charge on any atom is -0.503 e. The van der Waals surface area contributed by atoms with E-state index in [2.05, 4.69) is 0 Å².